The van der Waals surface area contributed by atoms with Gasteiger partial charge in [-0.2, -0.15) is 0 Å². The van der Waals surface area contributed by atoms with Crippen LogP contribution < -0.4 is 0 Å². The second kappa shape index (κ2) is 19.3. The van der Waals surface area contributed by atoms with E-state index in [1.807, 2.05) is 0 Å². The molecule has 0 heterocycles. The fourth-order valence-corrected chi connectivity index (χ4v) is 21.9. The van der Waals surface area contributed by atoms with Gasteiger partial charge in [-0.15, -0.1) is 22.7 Å². The number of aryl methyl sites for hydroxylation is 12. The molecule has 0 saturated carbocycles. The number of rotatable bonds is 12. The van der Waals surface area contributed by atoms with E-state index in [2.05, 4.69) is 184 Å². The molecule has 296 valence electrons. The summed E-state index contributed by atoms with van der Waals surface area (Å²) in [7, 11) is -9.07. The average Bonchev–Trinajstić information content (AvgIpc) is 2.96. The Labute approximate surface area is 372 Å². The molecule has 55 heavy (non-hydrogen) atoms. The Morgan fingerprint density at radius 3 is 0.545 bits per heavy atom. The summed E-state index contributed by atoms with van der Waals surface area (Å²) in [6.07, 6.45) is 0. The van der Waals surface area contributed by atoms with E-state index >= 15 is 0 Å². The van der Waals surface area contributed by atoms with E-state index in [1.54, 1.807) is 0 Å². The maximum absolute atomic E-state index is 6.66. The van der Waals surface area contributed by atoms with Gasteiger partial charge in [-0.3, -0.25) is 0 Å². The van der Waals surface area contributed by atoms with Gasteiger partial charge in [0, 0.05) is 0 Å². The van der Waals surface area contributed by atoms with Crippen molar-refractivity contribution in [1.29, 1.82) is 0 Å². The monoisotopic (exact) mass is 1030 g/mol. The van der Waals surface area contributed by atoms with Crippen LogP contribution in [-0.4, -0.2) is 33.9 Å². The Kier molecular flexibility index (Phi) is 17.3. The summed E-state index contributed by atoms with van der Waals surface area (Å²) < 4.78 is 13.3. The molecule has 0 N–H and O–H groups in total. The molecule has 0 aliphatic rings. The molecule has 4 aromatic rings. The zero-order chi connectivity index (χ0) is 41.1. The van der Waals surface area contributed by atoms with E-state index in [4.69, 9.17) is 28.2 Å². The number of hydrogen-bond donors (Lipinski definition) is 0. The first-order chi connectivity index (χ1) is 24.6. The van der Waals surface area contributed by atoms with Gasteiger partial charge in [-0.25, -0.2) is 0 Å². The van der Waals surface area contributed by atoms with E-state index in [-0.39, 0.29) is 39.9 Å². The third-order valence-electron chi connectivity index (χ3n) is 9.06. The third-order valence-corrected chi connectivity index (χ3v) is 20.1. The molecule has 0 saturated heterocycles. The van der Waals surface area contributed by atoms with Crippen molar-refractivity contribution in [1.82, 2.24) is 0 Å². The van der Waals surface area contributed by atoms with Crippen molar-refractivity contribution in [2.75, 3.05) is 0 Å². The summed E-state index contributed by atoms with van der Waals surface area (Å²) in [5, 5.41) is 0. The van der Waals surface area contributed by atoms with Gasteiger partial charge in [0.15, 0.2) is 0 Å². The molecule has 0 atom stereocenters. The van der Waals surface area contributed by atoms with Crippen molar-refractivity contribution in [2.45, 2.75) is 135 Å². The number of nitrogens with zero attached hydrogens (tertiary/aromatic N) is 4. The van der Waals surface area contributed by atoms with Crippen LogP contribution in [0.25, 0.3) is 19.9 Å². The van der Waals surface area contributed by atoms with Crippen LogP contribution in [0, 0.1) is 123 Å². The summed E-state index contributed by atoms with van der Waals surface area (Å²) in [4.78, 5) is 20.4. The van der Waals surface area contributed by atoms with Gasteiger partial charge in [-0.05, 0) is 83.1 Å². The van der Waals surface area contributed by atoms with Crippen molar-refractivity contribution >= 4 is 56.7 Å². The predicted molar refractivity (Wildman–Crippen MR) is 247 cm³/mol. The van der Waals surface area contributed by atoms with Crippen LogP contribution in [0.4, 0.5) is 22.7 Å². The third kappa shape index (κ3) is 14.8. The number of hydrogen-bond acceptors (Lipinski definition) is 2. The molecule has 0 amide bonds. The zero-order valence-corrected chi connectivity index (χ0v) is 45.8. The van der Waals surface area contributed by atoms with Gasteiger partial charge < -0.3 is 28.2 Å². The molecule has 4 rings (SSSR count). The zero-order valence-electron chi connectivity index (χ0n) is 37.7. The predicted octanol–water partition coefficient (Wildman–Crippen LogP) is 15.3. The second-order valence-electron chi connectivity index (χ2n) is 17.4. The first-order valence-corrected chi connectivity index (χ1v) is 30.6. The van der Waals surface area contributed by atoms with Crippen LogP contribution in [0.1, 0.15) is 66.8 Å². The van der Waals surface area contributed by atoms with Crippen molar-refractivity contribution in [3.63, 3.8) is 0 Å². The number of benzene rings is 4. The van der Waals surface area contributed by atoms with Crippen molar-refractivity contribution < 1.29 is 48.2 Å². The van der Waals surface area contributed by atoms with Gasteiger partial charge in [-0.1, -0.05) is 168 Å². The van der Waals surface area contributed by atoms with Gasteiger partial charge in [0.2, 0.25) is 0 Å². The molecular formula is C44H68N4O2Si4Th. The van der Waals surface area contributed by atoms with E-state index in [0.717, 1.165) is 22.7 Å². The Morgan fingerprint density at radius 2 is 0.418 bits per heavy atom. The van der Waals surface area contributed by atoms with Gasteiger partial charge in [0.1, 0.15) is 0 Å². The van der Waals surface area contributed by atoms with Crippen LogP contribution >= 0.6 is 0 Å². The SMILES string of the molecule is Cc1cc(C)c([N-][Si](C)(C)O[Si](C)(C)[N-]c2c(C)cc(C)cc2C)c(C)c1.Cc1cc(C)c([N-][Si](C)(C)O[Si](C)(C)[N-]c2c(C)cc(C)cc2C)c(C)c1.[Th+4]. The fraction of sp³-hybridized carbons (Fsp3) is 0.455. The fourth-order valence-electron chi connectivity index (χ4n) is 7.79. The van der Waals surface area contributed by atoms with Gasteiger partial charge in [0.05, 0.1) is 33.9 Å². The first kappa shape index (κ1) is 49.3. The minimum absolute atomic E-state index is 0. The molecule has 0 aliphatic heterocycles. The van der Waals surface area contributed by atoms with Gasteiger partial charge >= 0.3 is 39.9 Å². The molecule has 4 aromatic carbocycles. The van der Waals surface area contributed by atoms with Crippen LogP contribution in [0.2, 0.25) is 52.4 Å². The standard InChI is InChI=1S/2C22H34N2OSi2.Th/c2*1-15-11-17(3)21(18(4)12-15)23-26(7,8)25-27(9,10)24-22-19(5)13-16(2)14-20(22)6;/h2*11-14H,1-10H3;/q2*-2;+4. The summed E-state index contributed by atoms with van der Waals surface area (Å²) in [6.45, 7) is 43.0. The van der Waals surface area contributed by atoms with Crippen LogP contribution in [0.5, 0.6) is 0 Å². The molecule has 0 spiro atoms. The molecule has 0 aromatic heterocycles. The minimum atomic E-state index is -2.27. The molecule has 0 aliphatic carbocycles. The molecule has 6 nitrogen and oxygen atoms in total. The summed E-state index contributed by atoms with van der Waals surface area (Å²) in [5.74, 6) is 0. The molecular weight excluding hydrogens is 961 g/mol. The normalized spacial score (nSPS) is 12.0. The maximum atomic E-state index is 6.66. The summed E-state index contributed by atoms with van der Waals surface area (Å²) in [6, 6.07) is 17.6. The van der Waals surface area contributed by atoms with Crippen molar-refractivity contribution in [3.05, 3.63) is 135 Å². The quantitative estimate of drug-likeness (QED) is 0.133. The Balaban J connectivity index is 0.000000373. The van der Waals surface area contributed by atoms with E-state index < -0.39 is 33.9 Å². The Morgan fingerprint density at radius 1 is 0.291 bits per heavy atom. The molecule has 11 heteroatoms. The maximum Gasteiger partial charge on any atom is 4.00 e. The van der Waals surface area contributed by atoms with Crippen molar-refractivity contribution in [2.24, 2.45) is 0 Å². The van der Waals surface area contributed by atoms with E-state index in [9.17, 15) is 0 Å². The Bertz CT molecular complexity index is 1610. The molecule has 0 radical (unpaired) electrons. The average molecular weight is 1030 g/mol. The first-order valence-electron chi connectivity index (χ1n) is 19.2. The van der Waals surface area contributed by atoms with E-state index in [0.29, 0.717) is 0 Å². The Hall–Kier alpha value is -1.81. The van der Waals surface area contributed by atoms with Gasteiger partial charge in [0.25, 0.3) is 0 Å². The second-order valence-corrected chi connectivity index (χ2v) is 31.5. The summed E-state index contributed by atoms with van der Waals surface area (Å²) >= 11 is 0. The van der Waals surface area contributed by atoms with E-state index in [1.165, 1.54) is 66.8 Å². The smallest absolute Gasteiger partial charge is 0.666 e. The molecule has 0 fully saturated rings. The van der Waals surface area contributed by atoms with Crippen LogP contribution in [0.15, 0.2) is 48.5 Å². The molecule has 0 unspecified atom stereocenters. The van der Waals surface area contributed by atoms with Crippen LogP contribution in [-0.2, 0) is 8.23 Å². The van der Waals surface area contributed by atoms with Crippen molar-refractivity contribution in [3.8, 4) is 0 Å². The topological polar surface area (TPSA) is 74.9 Å². The summed E-state index contributed by atoms with van der Waals surface area (Å²) in [5.41, 5.74) is 19.2. The molecule has 0 bridgehead atoms. The minimum Gasteiger partial charge on any atom is -0.666 e. The largest absolute Gasteiger partial charge is 4.00 e. The van der Waals surface area contributed by atoms with Crippen LogP contribution in [0.3, 0.4) is 0 Å².